The Hall–Kier alpha value is -0.660. The van der Waals surface area contributed by atoms with E-state index >= 15 is 0 Å². The number of carbonyl (C=O) groups is 1. The van der Waals surface area contributed by atoms with Crippen LogP contribution in [-0.4, -0.2) is 58.8 Å². The number of hydrogen-bond donors (Lipinski definition) is 4. The van der Waals surface area contributed by atoms with E-state index in [4.69, 9.17) is 14.2 Å². The summed E-state index contributed by atoms with van der Waals surface area (Å²) in [6.45, 7) is 13.8. The minimum absolute atomic E-state index is 0.259. The van der Waals surface area contributed by atoms with Gasteiger partial charge in [0.2, 0.25) is 0 Å². The molecular formula is C35H64NO7P. The molecule has 4 aliphatic carbocycles. The van der Waals surface area contributed by atoms with E-state index in [1.165, 1.54) is 45.2 Å². The van der Waals surface area contributed by atoms with Crippen molar-refractivity contribution >= 4 is 13.7 Å². The monoisotopic (exact) mass is 641 g/mol. The molecule has 4 fully saturated rings. The molecule has 9 heteroatoms. The number of rotatable bonds is 14. The lowest BCUT2D eigenvalue weighted by Crippen LogP contribution is -2.68. The van der Waals surface area contributed by atoms with Gasteiger partial charge >= 0.3 is 13.7 Å². The minimum Gasteiger partial charge on any atom is -0.446 e. The van der Waals surface area contributed by atoms with Crippen molar-refractivity contribution in [3.63, 3.8) is 0 Å². The van der Waals surface area contributed by atoms with Crippen LogP contribution in [0, 0.1) is 46.3 Å². The van der Waals surface area contributed by atoms with E-state index < -0.39 is 31.5 Å². The van der Waals surface area contributed by atoms with Gasteiger partial charge in [0.25, 0.3) is 0 Å². The Morgan fingerprint density at radius 2 is 1.70 bits per heavy atom. The van der Waals surface area contributed by atoms with Gasteiger partial charge in [0.15, 0.2) is 0 Å². The van der Waals surface area contributed by atoms with Gasteiger partial charge in [-0.2, -0.15) is 0 Å². The van der Waals surface area contributed by atoms with Crippen LogP contribution in [-0.2, 0) is 13.8 Å². The van der Waals surface area contributed by atoms with Gasteiger partial charge in [-0.25, -0.2) is 4.79 Å². The van der Waals surface area contributed by atoms with Gasteiger partial charge in [0, 0.05) is 25.0 Å². The summed E-state index contributed by atoms with van der Waals surface area (Å²) in [4.78, 5) is 21.8. The van der Waals surface area contributed by atoms with Gasteiger partial charge in [0.05, 0.1) is 18.3 Å². The van der Waals surface area contributed by atoms with E-state index in [1.807, 2.05) is 0 Å². The Morgan fingerprint density at radius 1 is 0.977 bits per heavy atom. The second-order valence-corrected chi connectivity index (χ2v) is 18.1. The smallest absolute Gasteiger partial charge is 0.407 e. The van der Waals surface area contributed by atoms with Crippen LogP contribution in [0.5, 0.6) is 0 Å². The molecule has 4 aliphatic rings. The van der Waals surface area contributed by atoms with Crippen LogP contribution in [0.4, 0.5) is 4.79 Å². The summed E-state index contributed by atoms with van der Waals surface area (Å²) in [5.74, 6) is 3.72. The van der Waals surface area contributed by atoms with E-state index in [2.05, 4.69) is 39.9 Å². The maximum absolute atomic E-state index is 12.6. The molecule has 0 aromatic carbocycles. The zero-order valence-electron chi connectivity index (χ0n) is 28.6. The van der Waals surface area contributed by atoms with E-state index in [0.717, 1.165) is 49.9 Å². The van der Waals surface area contributed by atoms with Crippen molar-refractivity contribution in [2.24, 2.45) is 46.3 Å². The molecule has 0 aliphatic heterocycles. The van der Waals surface area contributed by atoms with Gasteiger partial charge in [-0.1, -0.05) is 66.7 Å². The zero-order valence-corrected chi connectivity index (χ0v) is 29.5. The second-order valence-electron chi connectivity index (χ2n) is 16.2. The number of carbonyl (C=O) groups excluding carboxylic acids is 1. The number of aliphatic hydroxyl groups excluding tert-OH is 1. The van der Waals surface area contributed by atoms with Gasteiger partial charge < -0.3 is 29.7 Å². The third kappa shape index (κ3) is 7.89. The van der Waals surface area contributed by atoms with E-state index in [-0.39, 0.29) is 12.0 Å². The highest BCUT2D eigenvalue weighted by molar-refractivity contribution is 7.51. The number of hydrogen-bond acceptors (Lipinski definition) is 6. The van der Waals surface area contributed by atoms with E-state index in [0.29, 0.717) is 55.4 Å². The number of ether oxygens (including phenoxy) is 1. The number of nitrogens with one attached hydrogen (secondary N) is 1. The molecule has 4 rings (SSSR count). The van der Waals surface area contributed by atoms with Crippen molar-refractivity contribution < 1.29 is 33.7 Å². The summed E-state index contributed by atoms with van der Waals surface area (Å²) in [5, 5.41) is 26.7. The Kier molecular flexibility index (Phi) is 12.0. The number of aliphatic hydroxyl groups is 2. The molecule has 4 saturated carbocycles. The molecule has 256 valence electrons. The Labute approximate surface area is 267 Å². The standard InChI is InChI=1S/C35H64NO7P/c1-24(2)12-11-13-25(3)28-14-15-29-27-22-31(37)35(39)23-26(16-19-34(35,5)30(27)17-18-33(28,29)4)43-32(38)36-20-9-7-8-10-21-42-44(6,40)41/h24-31,37,39H,7-23H2,1-6H3,(H,36,38)(H,40,41)/t25-,26+,27+,28-,29+,30+,31-,33-,34-,35+/m1/s1. The molecule has 0 spiro atoms. The first-order valence-electron chi connectivity index (χ1n) is 17.9. The average Bonchev–Trinajstić information content (AvgIpc) is 3.28. The third-order valence-electron chi connectivity index (χ3n) is 13.0. The quantitative estimate of drug-likeness (QED) is 0.113. The van der Waals surface area contributed by atoms with Crippen LogP contribution in [0.25, 0.3) is 0 Å². The molecule has 0 saturated heterocycles. The van der Waals surface area contributed by atoms with Crippen molar-refractivity contribution in [2.45, 2.75) is 149 Å². The van der Waals surface area contributed by atoms with Crippen molar-refractivity contribution in [2.75, 3.05) is 19.8 Å². The first-order valence-corrected chi connectivity index (χ1v) is 19.9. The molecule has 1 unspecified atom stereocenters. The molecule has 0 aromatic rings. The fourth-order valence-electron chi connectivity index (χ4n) is 10.6. The van der Waals surface area contributed by atoms with Crippen molar-refractivity contribution in [3.05, 3.63) is 0 Å². The van der Waals surface area contributed by atoms with Crippen molar-refractivity contribution in [3.8, 4) is 0 Å². The van der Waals surface area contributed by atoms with Gasteiger partial charge in [-0.15, -0.1) is 0 Å². The maximum atomic E-state index is 12.6. The highest BCUT2D eigenvalue weighted by Gasteiger charge is 2.67. The fourth-order valence-corrected chi connectivity index (χ4v) is 11.0. The lowest BCUT2D eigenvalue weighted by atomic mass is 9.42. The molecule has 0 radical (unpaired) electrons. The van der Waals surface area contributed by atoms with Gasteiger partial charge in [-0.3, -0.25) is 4.57 Å². The topological polar surface area (TPSA) is 125 Å². The summed E-state index contributed by atoms with van der Waals surface area (Å²) in [5.41, 5.74) is -1.29. The average molecular weight is 642 g/mol. The van der Waals surface area contributed by atoms with Crippen LogP contribution in [0.1, 0.15) is 131 Å². The lowest BCUT2D eigenvalue weighted by molar-refractivity contribution is -0.264. The van der Waals surface area contributed by atoms with Gasteiger partial charge in [0.1, 0.15) is 6.10 Å². The highest BCUT2D eigenvalue weighted by Crippen LogP contribution is 2.69. The molecule has 11 atom stereocenters. The predicted molar refractivity (Wildman–Crippen MR) is 174 cm³/mol. The van der Waals surface area contributed by atoms with Crippen LogP contribution < -0.4 is 5.32 Å². The first-order chi connectivity index (χ1) is 20.6. The number of alkyl carbamates (subject to hydrolysis) is 1. The second kappa shape index (κ2) is 14.6. The summed E-state index contributed by atoms with van der Waals surface area (Å²) in [7, 11) is -3.41. The largest absolute Gasteiger partial charge is 0.446 e. The van der Waals surface area contributed by atoms with Gasteiger partial charge in [-0.05, 0) is 98.7 Å². The molecular weight excluding hydrogens is 577 g/mol. The summed E-state index contributed by atoms with van der Waals surface area (Å²) in [6.07, 6.45) is 12.8. The molecule has 8 nitrogen and oxygen atoms in total. The van der Waals surface area contributed by atoms with E-state index in [1.54, 1.807) is 0 Å². The maximum Gasteiger partial charge on any atom is 0.407 e. The fraction of sp³-hybridized carbons (Fsp3) is 0.971. The molecule has 0 bridgehead atoms. The SMILES string of the molecule is CC(C)CCC[C@@H](C)[C@H]1CC[C@H]2[C@@H]3C[C@@H](O)[C@@]4(O)C[C@@H](OC(=O)NCCCCCCOP(C)(=O)O)CC[C@]4(C)[C@H]3CC[C@]12C. The van der Waals surface area contributed by atoms with Crippen LogP contribution >= 0.6 is 7.60 Å². The lowest BCUT2D eigenvalue weighted by Gasteiger charge is -2.65. The number of fused-ring (bicyclic) bond motifs is 5. The van der Waals surface area contributed by atoms with Crippen LogP contribution in [0.2, 0.25) is 0 Å². The normalized spacial score (nSPS) is 40.4. The number of amides is 1. The predicted octanol–water partition coefficient (Wildman–Crippen LogP) is 7.68. The van der Waals surface area contributed by atoms with Crippen molar-refractivity contribution in [1.29, 1.82) is 0 Å². The van der Waals surface area contributed by atoms with E-state index in [9.17, 15) is 19.6 Å². The summed E-state index contributed by atoms with van der Waals surface area (Å²) >= 11 is 0. The molecule has 0 heterocycles. The third-order valence-corrected chi connectivity index (χ3v) is 13.6. The van der Waals surface area contributed by atoms with Crippen LogP contribution in [0.3, 0.4) is 0 Å². The molecule has 1 amide bonds. The summed E-state index contributed by atoms with van der Waals surface area (Å²) in [6, 6.07) is 0. The number of unbranched alkanes of at least 4 members (excludes halogenated alkanes) is 3. The molecule has 4 N–H and O–H groups in total. The highest BCUT2D eigenvalue weighted by atomic mass is 31.2. The first kappa shape index (κ1) is 36.2. The van der Waals surface area contributed by atoms with Crippen molar-refractivity contribution in [1.82, 2.24) is 5.32 Å². The Balaban J connectivity index is 1.28. The zero-order chi connectivity index (χ0) is 32.3. The molecule has 44 heavy (non-hydrogen) atoms. The van der Waals surface area contributed by atoms with Crippen LogP contribution in [0.15, 0.2) is 0 Å². The minimum atomic E-state index is -3.41. The Bertz CT molecular complexity index is 1000. The molecule has 0 aromatic heterocycles. The summed E-state index contributed by atoms with van der Waals surface area (Å²) < 4.78 is 21.8. The Morgan fingerprint density at radius 3 is 2.41 bits per heavy atom.